The van der Waals surface area contributed by atoms with Crippen LogP contribution in [0.4, 0.5) is 5.69 Å². The predicted octanol–water partition coefficient (Wildman–Crippen LogP) is 3.39. The van der Waals surface area contributed by atoms with E-state index >= 15 is 0 Å². The largest absolute Gasteiger partial charge is 0.399 e. The third-order valence-corrected chi connectivity index (χ3v) is 4.30. The van der Waals surface area contributed by atoms with E-state index in [0.29, 0.717) is 5.70 Å². The van der Waals surface area contributed by atoms with Gasteiger partial charge >= 0.3 is 0 Å². The summed E-state index contributed by atoms with van der Waals surface area (Å²) in [6.45, 7) is 5.97. The molecule has 0 spiro atoms. The Morgan fingerprint density at radius 1 is 1.28 bits per heavy atom. The van der Waals surface area contributed by atoms with Crippen LogP contribution in [0.5, 0.6) is 0 Å². The van der Waals surface area contributed by atoms with Crippen LogP contribution in [0.25, 0.3) is 11.3 Å². The summed E-state index contributed by atoms with van der Waals surface area (Å²) in [5, 5.41) is 0. The first-order valence-electron chi connectivity index (χ1n) is 6.67. The predicted molar refractivity (Wildman–Crippen MR) is 77.9 cm³/mol. The van der Waals surface area contributed by atoms with Gasteiger partial charge < -0.3 is 11.5 Å². The monoisotopic (exact) mass is 240 g/mol. The molecule has 1 aromatic rings. The maximum atomic E-state index is 6.31. The van der Waals surface area contributed by atoms with E-state index in [1.807, 2.05) is 0 Å². The van der Waals surface area contributed by atoms with Crippen LogP contribution in [0.3, 0.4) is 0 Å². The normalized spacial score (nSPS) is 17.6. The molecular weight excluding hydrogens is 220 g/mol. The number of nitrogen functional groups attached to an aromatic ring is 1. The Hall–Kier alpha value is -1.70. The van der Waals surface area contributed by atoms with Crippen molar-refractivity contribution in [3.05, 3.63) is 40.5 Å². The summed E-state index contributed by atoms with van der Waals surface area (Å²) in [5.74, 6) is 0. The number of anilines is 1. The Morgan fingerprint density at radius 3 is 2.72 bits per heavy atom. The number of nitrogens with two attached hydrogens (primary N) is 2. The summed E-state index contributed by atoms with van der Waals surface area (Å²) in [6.07, 6.45) is 6.02. The first-order chi connectivity index (χ1) is 8.59. The minimum absolute atomic E-state index is 0.661. The molecule has 2 heteroatoms. The second-order valence-electron chi connectivity index (χ2n) is 5.50. The zero-order valence-electron chi connectivity index (χ0n) is 11.0. The lowest BCUT2D eigenvalue weighted by atomic mass is 9.90. The second kappa shape index (κ2) is 3.91. The molecule has 0 saturated heterocycles. The highest BCUT2D eigenvalue weighted by atomic mass is 14.6. The smallest absolute Gasteiger partial charge is 0.0423 e. The van der Waals surface area contributed by atoms with Crippen molar-refractivity contribution in [3.8, 4) is 0 Å². The number of rotatable bonds is 1. The van der Waals surface area contributed by atoms with Crippen LogP contribution in [0.15, 0.2) is 18.2 Å². The van der Waals surface area contributed by atoms with Crippen molar-refractivity contribution in [2.75, 3.05) is 5.73 Å². The molecule has 2 aliphatic carbocycles. The second-order valence-corrected chi connectivity index (χ2v) is 5.50. The van der Waals surface area contributed by atoms with Gasteiger partial charge in [0.2, 0.25) is 0 Å². The summed E-state index contributed by atoms with van der Waals surface area (Å²) in [5.41, 5.74) is 21.8. The molecule has 0 fully saturated rings. The lowest BCUT2D eigenvalue weighted by Gasteiger charge is -2.17. The minimum atomic E-state index is 0.661. The molecule has 0 bridgehead atoms. The molecule has 0 aliphatic heterocycles. The van der Waals surface area contributed by atoms with Crippen molar-refractivity contribution in [1.29, 1.82) is 0 Å². The van der Waals surface area contributed by atoms with Crippen molar-refractivity contribution in [3.63, 3.8) is 0 Å². The Balaban J connectivity index is 2.25. The lowest BCUT2D eigenvalue weighted by molar-refractivity contribution is 0.711. The molecule has 0 unspecified atom stereocenters. The molecule has 2 aliphatic rings. The Labute approximate surface area is 108 Å². The minimum Gasteiger partial charge on any atom is -0.399 e. The third kappa shape index (κ3) is 1.48. The summed E-state index contributed by atoms with van der Waals surface area (Å²) in [4.78, 5) is 0. The Kier molecular flexibility index (Phi) is 2.47. The van der Waals surface area contributed by atoms with Crippen molar-refractivity contribution < 1.29 is 0 Å². The van der Waals surface area contributed by atoms with Gasteiger partial charge in [0, 0.05) is 22.5 Å². The molecule has 0 heterocycles. The van der Waals surface area contributed by atoms with Gasteiger partial charge in [-0.3, -0.25) is 0 Å². The van der Waals surface area contributed by atoms with E-state index in [1.165, 1.54) is 42.4 Å². The molecule has 0 radical (unpaired) electrons. The van der Waals surface area contributed by atoms with Crippen LogP contribution in [-0.2, 0) is 6.42 Å². The molecule has 0 atom stereocenters. The summed E-state index contributed by atoms with van der Waals surface area (Å²) in [7, 11) is 0. The highest BCUT2D eigenvalue weighted by Crippen LogP contribution is 2.46. The number of benzene rings is 1. The molecule has 1 aromatic carbocycles. The number of hydrogen-bond acceptors (Lipinski definition) is 2. The average molecular weight is 240 g/mol. The van der Waals surface area contributed by atoms with Gasteiger partial charge in [-0.05, 0) is 61.8 Å². The molecule has 0 amide bonds. The van der Waals surface area contributed by atoms with Crippen molar-refractivity contribution in [2.24, 2.45) is 5.73 Å². The average Bonchev–Trinajstić information content (AvgIpc) is 2.72. The molecule has 3 rings (SSSR count). The van der Waals surface area contributed by atoms with Gasteiger partial charge in [0.05, 0.1) is 0 Å². The lowest BCUT2D eigenvalue weighted by Crippen LogP contribution is -2.05. The van der Waals surface area contributed by atoms with Crippen molar-refractivity contribution in [2.45, 2.75) is 39.0 Å². The number of hydrogen-bond donors (Lipinski definition) is 2. The van der Waals surface area contributed by atoms with Crippen LogP contribution in [0.2, 0.25) is 0 Å². The molecule has 18 heavy (non-hydrogen) atoms. The third-order valence-electron chi connectivity index (χ3n) is 4.30. The number of allylic oxidation sites excluding steroid dienone is 2. The van der Waals surface area contributed by atoms with Gasteiger partial charge in [0.25, 0.3) is 0 Å². The van der Waals surface area contributed by atoms with Gasteiger partial charge in [0.15, 0.2) is 0 Å². The van der Waals surface area contributed by atoms with Gasteiger partial charge in [-0.1, -0.05) is 12.2 Å². The summed E-state index contributed by atoms with van der Waals surface area (Å²) < 4.78 is 0. The summed E-state index contributed by atoms with van der Waals surface area (Å²) in [6, 6.07) is 2.09. The molecule has 2 nitrogen and oxygen atoms in total. The van der Waals surface area contributed by atoms with E-state index < -0.39 is 0 Å². The zero-order valence-corrected chi connectivity index (χ0v) is 11.0. The number of aryl methyl sites for hydroxylation is 1. The van der Waals surface area contributed by atoms with Crippen LogP contribution >= 0.6 is 0 Å². The Morgan fingerprint density at radius 2 is 2.00 bits per heavy atom. The Bertz CT molecular complexity index is 579. The van der Waals surface area contributed by atoms with E-state index in [9.17, 15) is 0 Å². The topological polar surface area (TPSA) is 52.0 Å². The van der Waals surface area contributed by atoms with Crippen LogP contribution in [0.1, 0.15) is 47.9 Å². The first-order valence-corrected chi connectivity index (χ1v) is 6.67. The van der Waals surface area contributed by atoms with E-state index in [-0.39, 0.29) is 0 Å². The van der Waals surface area contributed by atoms with Crippen molar-refractivity contribution >= 4 is 17.0 Å². The highest BCUT2D eigenvalue weighted by molar-refractivity contribution is 5.89. The first kappa shape index (κ1) is 11.4. The van der Waals surface area contributed by atoms with E-state index in [2.05, 4.69) is 19.6 Å². The van der Waals surface area contributed by atoms with Gasteiger partial charge in [-0.2, -0.15) is 0 Å². The fourth-order valence-corrected chi connectivity index (χ4v) is 3.37. The van der Waals surface area contributed by atoms with Crippen LogP contribution < -0.4 is 11.5 Å². The SMILES string of the molecule is C=C(N)c1cc(C)c(N)c2c1CC1=C2CCCC1. The van der Waals surface area contributed by atoms with E-state index in [1.54, 1.807) is 5.57 Å². The summed E-state index contributed by atoms with van der Waals surface area (Å²) >= 11 is 0. The standard InChI is InChI=1S/C16H20N2/c1-9-7-13(10(2)17)14-8-11-5-3-4-6-12(11)15(14)16(9)18/h7H,2-6,8,17-18H2,1H3. The van der Waals surface area contributed by atoms with Gasteiger partial charge in [-0.15, -0.1) is 0 Å². The number of fused-ring (bicyclic) bond motifs is 2. The molecule has 0 saturated carbocycles. The maximum absolute atomic E-state index is 6.31. The van der Waals surface area contributed by atoms with E-state index in [4.69, 9.17) is 11.5 Å². The maximum Gasteiger partial charge on any atom is 0.0423 e. The molecule has 0 aromatic heterocycles. The van der Waals surface area contributed by atoms with Crippen molar-refractivity contribution in [1.82, 2.24) is 0 Å². The quantitative estimate of drug-likeness (QED) is 0.739. The fraction of sp³-hybridized carbons (Fsp3) is 0.375. The van der Waals surface area contributed by atoms with E-state index in [0.717, 1.165) is 23.2 Å². The zero-order chi connectivity index (χ0) is 12.9. The molecular formula is C16H20N2. The fourth-order valence-electron chi connectivity index (χ4n) is 3.37. The van der Waals surface area contributed by atoms with Crippen LogP contribution in [0, 0.1) is 6.92 Å². The van der Waals surface area contributed by atoms with Crippen LogP contribution in [-0.4, -0.2) is 0 Å². The molecule has 94 valence electrons. The van der Waals surface area contributed by atoms with Gasteiger partial charge in [0.1, 0.15) is 0 Å². The molecule has 4 N–H and O–H groups in total. The highest BCUT2D eigenvalue weighted by Gasteiger charge is 2.28. The van der Waals surface area contributed by atoms with Gasteiger partial charge in [-0.25, -0.2) is 0 Å².